The van der Waals surface area contributed by atoms with Crippen LogP contribution in [0.2, 0.25) is 0 Å². The number of primary amides is 1. The predicted octanol–water partition coefficient (Wildman–Crippen LogP) is 2.36. The van der Waals surface area contributed by atoms with Crippen molar-refractivity contribution in [1.29, 1.82) is 0 Å². The number of likely N-dealkylation sites (tertiary alicyclic amines) is 1. The molecule has 1 aromatic carbocycles. The molecule has 1 aromatic rings. The molecule has 1 aliphatic heterocycles. The highest BCUT2D eigenvalue weighted by Gasteiger charge is 2.33. The van der Waals surface area contributed by atoms with Gasteiger partial charge in [0, 0.05) is 12.6 Å². The van der Waals surface area contributed by atoms with E-state index in [1.54, 1.807) is 4.90 Å². The Morgan fingerprint density at radius 1 is 1.30 bits per heavy atom. The fourth-order valence-corrected chi connectivity index (χ4v) is 2.82. The summed E-state index contributed by atoms with van der Waals surface area (Å²) in [5, 5.41) is 0. The number of rotatable bonds is 3. The average Bonchev–Trinajstić information content (AvgIpc) is 2.46. The first-order valence-corrected chi connectivity index (χ1v) is 7.43. The molecule has 0 bridgehead atoms. The van der Waals surface area contributed by atoms with Crippen molar-refractivity contribution < 1.29 is 22.8 Å². The Kier molecular flexibility index (Phi) is 4.97. The second-order valence-electron chi connectivity index (χ2n) is 5.95. The summed E-state index contributed by atoms with van der Waals surface area (Å²) in [4.78, 5) is 25.2. The van der Waals surface area contributed by atoms with E-state index in [2.05, 4.69) is 0 Å². The molecule has 7 heteroatoms. The van der Waals surface area contributed by atoms with Crippen molar-refractivity contribution in [2.24, 2.45) is 11.7 Å². The molecule has 1 heterocycles. The zero-order valence-corrected chi connectivity index (χ0v) is 12.8. The van der Waals surface area contributed by atoms with Crippen molar-refractivity contribution in [3.8, 4) is 0 Å². The molecule has 0 aromatic heterocycles. The minimum absolute atomic E-state index is 0.0519. The molecule has 1 fully saturated rings. The molecule has 4 nitrogen and oxygen atoms in total. The highest BCUT2D eigenvalue weighted by atomic mass is 19.4. The summed E-state index contributed by atoms with van der Waals surface area (Å²) in [5.74, 6) is -1.13. The first-order valence-electron chi connectivity index (χ1n) is 7.43. The van der Waals surface area contributed by atoms with Crippen molar-refractivity contribution >= 4 is 11.8 Å². The topological polar surface area (TPSA) is 63.4 Å². The minimum atomic E-state index is -4.44. The first kappa shape index (κ1) is 17.3. The molecule has 1 saturated heterocycles. The fourth-order valence-electron chi connectivity index (χ4n) is 2.82. The van der Waals surface area contributed by atoms with E-state index in [4.69, 9.17) is 5.73 Å². The molecule has 0 aliphatic carbocycles. The molecule has 126 valence electrons. The number of carbonyl (C=O) groups is 2. The number of carbonyl (C=O) groups excluding carboxylic acids is 2. The number of piperidine rings is 1. The van der Waals surface area contributed by atoms with E-state index in [-0.39, 0.29) is 24.9 Å². The van der Waals surface area contributed by atoms with Gasteiger partial charge in [0.15, 0.2) is 0 Å². The van der Waals surface area contributed by atoms with E-state index in [9.17, 15) is 22.8 Å². The SMILES string of the molecule is C[C@@H]1CC[C@@H](C(N)=O)CN1C(=O)Cc1cccc(C(F)(F)F)c1. The lowest BCUT2D eigenvalue weighted by Gasteiger charge is -2.37. The second kappa shape index (κ2) is 6.60. The standard InChI is InChI=1S/C16H19F3N2O2/c1-10-5-6-12(15(20)23)9-21(10)14(22)8-11-3-2-4-13(7-11)16(17,18)19/h2-4,7,10,12H,5-6,8-9H2,1H3,(H2,20,23)/t10-,12-/m1/s1. The van der Waals surface area contributed by atoms with Crippen LogP contribution < -0.4 is 5.73 Å². The van der Waals surface area contributed by atoms with Crippen LogP contribution in [0.15, 0.2) is 24.3 Å². The maximum Gasteiger partial charge on any atom is 0.416 e. The fraction of sp³-hybridized carbons (Fsp3) is 0.500. The molecular formula is C16H19F3N2O2. The molecule has 0 saturated carbocycles. The summed E-state index contributed by atoms with van der Waals surface area (Å²) in [7, 11) is 0. The van der Waals surface area contributed by atoms with E-state index in [0.717, 1.165) is 12.1 Å². The molecular weight excluding hydrogens is 309 g/mol. The summed E-state index contributed by atoms with van der Waals surface area (Å²) in [6.45, 7) is 2.09. The largest absolute Gasteiger partial charge is 0.416 e. The van der Waals surface area contributed by atoms with Gasteiger partial charge in [-0.1, -0.05) is 18.2 Å². The lowest BCUT2D eigenvalue weighted by Crippen LogP contribution is -2.49. The lowest BCUT2D eigenvalue weighted by atomic mass is 9.92. The van der Waals surface area contributed by atoms with Gasteiger partial charge in [0.05, 0.1) is 17.9 Å². The Balaban J connectivity index is 2.10. The smallest absolute Gasteiger partial charge is 0.369 e. The number of nitrogens with zero attached hydrogens (tertiary/aromatic N) is 1. The van der Waals surface area contributed by atoms with Crippen molar-refractivity contribution in [3.63, 3.8) is 0 Å². The van der Waals surface area contributed by atoms with Gasteiger partial charge in [0.1, 0.15) is 0 Å². The number of amides is 2. The van der Waals surface area contributed by atoms with Gasteiger partial charge in [-0.05, 0) is 31.4 Å². The third-order valence-electron chi connectivity index (χ3n) is 4.21. The van der Waals surface area contributed by atoms with E-state index >= 15 is 0 Å². The predicted molar refractivity (Wildman–Crippen MR) is 78.2 cm³/mol. The number of hydrogen-bond acceptors (Lipinski definition) is 2. The van der Waals surface area contributed by atoms with Gasteiger partial charge in [0.2, 0.25) is 11.8 Å². The summed E-state index contributed by atoms with van der Waals surface area (Å²) >= 11 is 0. The highest BCUT2D eigenvalue weighted by molar-refractivity contribution is 5.81. The van der Waals surface area contributed by atoms with Crippen LogP contribution in [0.25, 0.3) is 0 Å². The van der Waals surface area contributed by atoms with Crippen molar-refractivity contribution in [3.05, 3.63) is 35.4 Å². The number of hydrogen-bond donors (Lipinski definition) is 1. The molecule has 0 radical (unpaired) electrons. The quantitative estimate of drug-likeness (QED) is 0.926. The number of benzene rings is 1. The lowest BCUT2D eigenvalue weighted by molar-refractivity contribution is -0.139. The van der Waals surface area contributed by atoms with Crippen LogP contribution in [0.1, 0.15) is 30.9 Å². The monoisotopic (exact) mass is 328 g/mol. The third-order valence-corrected chi connectivity index (χ3v) is 4.21. The molecule has 1 aliphatic rings. The Bertz CT molecular complexity index is 601. The summed E-state index contributed by atoms with van der Waals surface area (Å²) in [5.41, 5.74) is 4.82. The van der Waals surface area contributed by atoms with E-state index in [1.165, 1.54) is 12.1 Å². The number of halogens is 3. The maximum absolute atomic E-state index is 12.7. The zero-order chi connectivity index (χ0) is 17.2. The second-order valence-corrected chi connectivity index (χ2v) is 5.95. The van der Waals surface area contributed by atoms with Crippen LogP contribution >= 0.6 is 0 Å². The highest BCUT2D eigenvalue weighted by Crippen LogP contribution is 2.30. The summed E-state index contributed by atoms with van der Waals surface area (Å²) < 4.78 is 38.1. The van der Waals surface area contributed by atoms with Gasteiger partial charge in [0.25, 0.3) is 0 Å². The van der Waals surface area contributed by atoms with E-state index in [1.807, 2.05) is 6.92 Å². The Hall–Kier alpha value is -2.05. The Labute approximate surface area is 132 Å². The number of nitrogens with two attached hydrogens (primary N) is 1. The molecule has 2 rings (SSSR count). The average molecular weight is 328 g/mol. The van der Waals surface area contributed by atoms with Crippen LogP contribution in [0, 0.1) is 5.92 Å². The summed E-state index contributed by atoms with van der Waals surface area (Å²) in [6.07, 6.45) is -3.28. The van der Waals surface area contributed by atoms with Gasteiger partial charge in [-0.2, -0.15) is 13.2 Å². The van der Waals surface area contributed by atoms with Gasteiger partial charge >= 0.3 is 6.18 Å². The van der Waals surface area contributed by atoms with Gasteiger partial charge in [-0.15, -0.1) is 0 Å². The van der Waals surface area contributed by atoms with Crippen molar-refractivity contribution in [2.75, 3.05) is 6.54 Å². The molecule has 23 heavy (non-hydrogen) atoms. The Morgan fingerprint density at radius 2 is 2.00 bits per heavy atom. The van der Waals surface area contributed by atoms with Crippen LogP contribution in [-0.4, -0.2) is 29.3 Å². The first-order chi connectivity index (χ1) is 10.7. The zero-order valence-electron chi connectivity index (χ0n) is 12.8. The van der Waals surface area contributed by atoms with E-state index < -0.39 is 23.6 Å². The van der Waals surface area contributed by atoms with E-state index in [0.29, 0.717) is 18.4 Å². The Morgan fingerprint density at radius 3 is 2.61 bits per heavy atom. The molecule has 2 N–H and O–H groups in total. The van der Waals surface area contributed by atoms with Crippen LogP contribution in [-0.2, 0) is 22.2 Å². The molecule has 0 spiro atoms. The van der Waals surface area contributed by atoms with Crippen LogP contribution in [0.4, 0.5) is 13.2 Å². The van der Waals surface area contributed by atoms with Gasteiger partial charge in [-0.3, -0.25) is 9.59 Å². The molecule has 2 amide bonds. The van der Waals surface area contributed by atoms with Gasteiger partial charge < -0.3 is 10.6 Å². The van der Waals surface area contributed by atoms with Crippen LogP contribution in [0.3, 0.4) is 0 Å². The van der Waals surface area contributed by atoms with Gasteiger partial charge in [-0.25, -0.2) is 0 Å². The molecule has 0 unspecified atom stereocenters. The minimum Gasteiger partial charge on any atom is -0.369 e. The normalized spacial score (nSPS) is 22.0. The van der Waals surface area contributed by atoms with Crippen LogP contribution in [0.5, 0.6) is 0 Å². The number of alkyl halides is 3. The molecule has 2 atom stereocenters. The van der Waals surface area contributed by atoms with Crippen molar-refractivity contribution in [2.45, 2.75) is 38.4 Å². The third kappa shape index (κ3) is 4.24. The summed E-state index contributed by atoms with van der Waals surface area (Å²) in [6, 6.07) is 4.69. The maximum atomic E-state index is 12.7. The van der Waals surface area contributed by atoms with Crippen molar-refractivity contribution in [1.82, 2.24) is 4.90 Å².